The Hall–Kier alpha value is -2.89. The molecular weight excluding hydrogens is 311 g/mol. The van der Waals surface area contributed by atoms with Crippen LogP contribution < -0.4 is 9.64 Å². The van der Waals surface area contributed by atoms with Crippen molar-refractivity contribution >= 4 is 17.5 Å². The molecule has 0 spiro atoms. The highest BCUT2D eigenvalue weighted by Crippen LogP contribution is 2.34. The smallest absolute Gasteiger partial charge is 0.265 e. The van der Waals surface area contributed by atoms with Crippen molar-refractivity contribution < 1.29 is 18.7 Å². The summed E-state index contributed by atoms with van der Waals surface area (Å²) < 4.78 is 18.8. The van der Waals surface area contributed by atoms with E-state index in [9.17, 15) is 14.0 Å². The molecule has 124 valence electrons. The van der Waals surface area contributed by atoms with Crippen molar-refractivity contribution in [3.63, 3.8) is 0 Å². The van der Waals surface area contributed by atoms with E-state index in [1.807, 2.05) is 0 Å². The minimum absolute atomic E-state index is 0.101. The first-order chi connectivity index (χ1) is 11.5. The number of carbonyl (C=O) groups is 2. The number of hydrogen-bond acceptors (Lipinski definition) is 3. The minimum atomic E-state index is -0.778. The Balaban J connectivity index is 1.97. The van der Waals surface area contributed by atoms with Crippen LogP contribution in [0.25, 0.3) is 0 Å². The lowest BCUT2D eigenvalue weighted by molar-refractivity contribution is -0.135. The fraction of sp³-hybridized carbons (Fsp3) is 0.222. The van der Waals surface area contributed by atoms with Crippen molar-refractivity contribution in [2.45, 2.75) is 6.10 Å². The molecule has 3 rings (SSSR count). The average Bonchev–Trinajstić information content (AvgIpc) is 2.60. The summed E-state index contributed by atoms with van der Waals surface area (Å²) in [6.45, 7) is 0.101. The molecule has 0 unspecified atom stereocenters. The summed E-state index contributed by atoms with van der Waals surface area (Å²) >= 11 is 0. The van der Waals surface area contributed by atoms with Gasteiger partial charge in [-0.05, 0) is 36.4 Å². The Morgan fingerprint density at radius 1 is 1.12 bits per heavy atom. The minimum Gasteiger partial charge on any atom is -0.476 e. The molecule has 0 N–H and O–H groups in total. The molecule has 0 radical (unpaired) electrons. The first-order valence-electron chi connectivity index (χ1n) is 7.51. The van der Waals surface area contributed by atoms with E-state index in [1.54, 1.807) is 38.4 Å². The van der Waals surface area contributed by atoms with E-state index in [4.69, 9.17) is 4.74 Å². The summed E-state index contributed by atoms with van der Waals surface area (Å²) in [4.78, 5) is 28.0. The summed E-state index contributed by atoms with van der Waals surface area (Å²) in [5.74, 6) is -0.460. The molecule has 2 aromatic rings. The first kappa shape index (κ1) is 16.0. The second-order valence-corrected chi connectivity index (χ2v) is 5.73. The summed E-state index contributed by atoms with van der Waals surface area (Å²) in [6.07, 6.45) is -0.778. The topological polar surface area (TPSA) is 49.9 Å². The normalized spacial score (nSPS) is 16.1. The third kappa shape index (κ3) is 2.95. The van der Waals surface area contributed by atoms with E-state index < -0.39 is 11.9 Å². The van der Waals surface area contributed by atoms with Gasteiger partial charge in [0.05, 0.1) is 12.2 Å². The van der Waals surface area contributed by atoms with Gasteiger partial charge in [-0.15, -0.1) is 0 Å². The molecule has 0 fully saturated rings. The summed E-state index contributed by atoms with van der Waals surface area (Å²) in [5, 5.41) is 0. The zero-order chi connectivity index (χ0) is 17.3. The van der Waals surface area contributed by atoms with Crippen molar-refractivity contribution in [2.75, 3.05) is 25.5 Å². The second-order valence-electron chi connectivity index (χ2n) is 5.73. The SMILES string of the molecule is CN(C)C(=O)[C@@H]1CN(C(=O)c2ccc(F)cc2)c2ccccc2O1. The molecule has 0 bridgehead atoms. The van der Waals surface area contributed by atoms with Gasteiger partial charge in [-0.1, -0.05) is 12.1 Å². The van der Waals surface area contributed by atoms with E-state index in [-0.39, 0.29) is 18.4 Å². The van der Waals surface area contributed by atoms with Crippen LogP contribution in [0.4, 0.5) is 10.1 Å². The van der Waals surface area contributed by atoms with Gasteiger partial charge >= 0.3 is 0 Å². The quantitative estimate of drug-likeness (QED) is 0.850. The number of anilines is 1. The number of ether oxygens (including phenoxy) is 1. The van der Waals surface area contributed by atoms with Crippen LogP contribution >= 0.6 is 0 Å². The first-order valence-corrected chi connectivity index (χ1v) is 7.51. The maximum atomic E-state index is 13.1. The van der Waals surface area contributed by atoms with Gasteiger partial charge in [-0.25, -0.2) is 4.39 Å². The standard InChI is InChI=1S/C18H17FN2O3/c1-20(2)18(23)16-11-21(14-5-3-4-6-15(14)24-16)17(22)12-7-9-13(19)10-8-12/h3-10,16H,11H2,1-2H3/t16-/m0/s1. The zero-order valence-corrected chi connectivity index (χ0v) is 13.4. The molecule has 0 saturated heterocycles. The van der Waals surface area contributed by atoms with Crippen LogP contribution in [0.3, 0.4) is 0 Å². The van der Waals surface area contributed by atoms with Gasteiger partial charge in [-0.3, -0.25) is 9.59 Å². The van der Waals surface area contributed by atoms with Crippen LogP contribution in [-0.4, -0.2) is 43.5 Å². The number of para-hydroxylation sites is 2. The molecule has 5 nitrogen and oxygen atoms in total. The highest BCUT2D eigenvalue weighted by molar-refractivity contribution is 6.07. The van der Waals surface area contributed by atoms with E-state index in [0.717, 1.165) is 0 Å². The summed E-state index contributed by atoms with van der Waals surface area (Å²) in [7, 11) is 3.27. The van der Waals surface area contributed by atoms with E-state index in [2.05, 4.69) is 0 Å². The Morgan fingerprint density at radius 3 is 2.46 bits per heavy atom. The predicted molar refractivity (Wildman–Crippen MR) is 87.6 cm³/mol. The van der Waals surface area contributed by atoms with Gasteiger partial charge < -0.3 is 14.5 Å². The van der Waals surface area contributed by atoms with Crippen molar-refractivity contribution in [3.05, 3.63) is 59.9 Å². The van der Waals surface area contributed by atoms with Crippen LogP contribution in [0.2, 0.25) is 0 Å². The van der Waals surface area contributed by atoms with Gasteiger partial charge in [0.25, 0.3) is 11.8 Å². The lowest BCUT2D eigenvalue weighted by Crippen LogP contribution is -2.50. The third-order valence-electron chi connectivity index (χ3n) is 3.83. The molecule has 0 aromatic heterocycles. The molecule has 0 saturated carbocycles. The predicted octanol–water partition coefficient (Wildman–Crippen LogP) is 2.32. The molecular formula is C18H17FN2O3. The van der Waals surface area contributed by atoms with Crippen LogP contribution in [0, 0.1) is 5.82 Å². The number of hydrogen-bond donors (Lipinski definition) is 0. The number of halogens is 1. The monoisotopic (exact) mass is 328 g/mol. The number of amides is 2. The molecule has 6 heteroatoms. The lowest BCUT2D eigenvalue weighted by Gasteiger charge is -2.35. The molecule has 1 aliphatic heterocycles. The van der Waals surface area contributed by atoms with Crippen LogP contribution in [0.15, 0.2) is 48.5 Å². The van der Waals surface area contributed by atoms with Crippen molar-refractivity contribution in [1.29, 1.82) is 0 Å². The fourth-order valence-corrected chi connectivity index (χ4v) is 2.59. The number of carbonyl (C=O) groups excluding carboxylic acids is 2. The van der Waals surface area contributed by atoms with Gasteiger partial charge in [-0.2, -0.15) is 0 Å². The number of nitrogens with zero attached hydrogens (tertiary/aromatic N) is 2. The largest absolute Gasteiger partial charge is 0.476 e. The zero-order valence-electron chi connectivity index (χ0n) is 13.4. The van der Waals surface area contributed by atoms with Gasteiger partial charge in [0.2, 0.25) is 0 Å². The molecule has 2 aromatic carbocycles. The molecule has 2 amide bonds. The molecule has 1 aliphatic rings. The summed E-state index contributed by atoms with van der Waals surface area (Å²) in [6, 6.07) is 12.4. The summed E-state index contributed by atoms with van der Waals surface area (Å²) in [5.41, 5.74) is 0.943. The second kappa shape index (κ2) is 6.31. The molecule has 1 atom stereocenters. The van der Waals surface area contributed by atoms with E-state index in [1.165, 1.54) is 34.1 Å². The highest BCUT2D eigenvalue weighted by Gasteiger charge is 2.34. The Bertz CT molecular complexity index is 774. The maximum Gasteiger partial charge on any atom is 0.265 e. The van der Waals surface area contributed by atoms with Crippen molar-refractivity contribution in [3.8, 4) is 5.75 Å². The molecule has 24 heavy (non-hydrogen) atoms. The van der Waals surface area contributed by atoms with E-state index in [0.29, 0.717) is 17.0 Å². The van der Waals surface area contributed by atoms with E-state index >= 15 is 0 Å². The van der Waals surface area contributed by atoms with Crippen molar-refractivity contribution in [2.24, 2.45) is 0 Å². The van der Waals surface area contributed by atoms with Gasteiger partial charge in [0.1, 0.15) is 11.6 Å². The average molecular weight is 328 g/mol. The fourth-order valence-electron chi connectivity index (χ4n) is 2.59. The number of fused-ring (bicyclic) bond motifs is 1. The van der Waals surface area contributed by atoms with Crippen LogP contribution in [-0.2, 0) is 4.79 Å². The Labute approximate surface area is 139 Å². The van der Waals surface area contributed by atoms with Crippen LogP contribution in [0.1, 0.15) is 10.4 Å². The van der Waals surface area contributed by atoms with Gasteiger partial charge in [0, 0.05) is 19.7 Å². The lowest BCUT2D eigenvalue weighted by atomic mass is 10.1. The van der Waals surface area contributed by atoms with Crippen molar-refractivity contribution in [1.82, 2.24) is 4.90 Å². The third-order valence-corrected chi connectivity index (χ3v) is 3.83. The molecule has 1 heterocycles. The molecule has 0 aliphatic carbocycles. The number of likely N-dealkylation sites (N-methyl/N-ethyl adjacent to an activating group) is 1. The Morgan fingerprint density at radius 2 is 1.79 bits per heavy atom. The van der Waals surface area contributed by atoms with Crippen LogP contribution in [0.5, 0.6) is 5.75 Å². The number of rotatable bonds is 2. The Kier molecular flexibility index (Phi) is 4.20. The van der Waals surface area contributed by atoms with Gasteiger partial charge in [0.15, 0.2) is 6.10 Å². The maximum absolute atomic E-state index is 13.1. The number of benzene rings is 2. The highest BCUT2D eigenvalue weighted by atomic mass is 19.1.